The van der Waals surface area contributed by atoms with Crippen LogP contribution < -0.4 is 10.6 Å². The molecule has 1 rings (SSSR count). The Bertz CT molecular complexity index is 365. The first-order chi connectivity index (χ1) is 8.15. The molecule has 0 bridgehead atoms. The van der Waals surface area contributed by atoms with E-state index in [0.29, 0.717) is 6.61 Å². The highest BCUT2D eigenvalue weighted by Gasteiger charge is 2.03. The number of hydrogen-bond donors (Lipinski definition) is 2. The highest BCUT2D eigenvalue weighted by Crippen LogP contribution is 2.14. The molecule has 4 heteroatoms. The number of likely N-dealkylation sites (N-methyl/N-ethyl adjacent to an activating group) is 1. The van der Waals surface area contributed by atoms with Crippen molar-refractivity contribution in [2.24, 2.45) is 5.73 Å². The van der Waals surface area contributed by atoms with Crippen molar-refractivity contribution in [2.45, 2.75) is 13.3 Å². The van der Waals surface area contributed by atoms with Crippen molar-refractivity contribution < 1.29 is 4.74 Å². The molecule has 0 atom stereocenters. The number of anilines is 1. The van der Waals surface area contributed by atoms with Crippen LogP contribution in [-0.4, -0.2) is 32.6 Å². The maximum absolute atomic E-state index is 7.40. The van der Waals surface area contributed by atoms with Crippen LogP contribution in [0.15, 0.2) is 24.3 Å². The summed E-state index contributed by atoms with van der Waals surface area (Å²) in [6.07, 6.45) is 1.05. The molecule has 17 heavy (non-hydrogen) atoms. The molecule has 0 unspecified atom stereocenters. The Kier molecular flexibility index (Phi) is 5.49. The molecule has 94 valence electrons. The number of nitrogens with zero attached hydrogens (tertiary/aromatic N) is 1. The normalized spacial score (nSPS) is 10.2. The van der Waals surface area contributed by atoms with E-state index in [2.05, 4.69) is 11.8 Å². The zero-order valence-electron chi connectivity index (χ0n) is 10.6. The molecule has 0 aliphatic heterocycles. The first kappa shape index (κ1) is 13.5. The monoisotopic (exact) mass is 235 g/mol. The summed E-state index contributed by atoms with van der Waals surface area (Å²) in [4.78, 5) is 2.10. The summed E-state index contributed by atoms with van der Waals surface area (Å²) in [6, 6.07) is 7.68. The Labute approximate surface area is 103 Å². The van der Waals surface area contributed by atoms with Crippen molar-refractivity contribution in [3.63, 3.8) is 0 Å². The third-order valence-electron chi connectivity index (χ3n) is 2.52. The topological polar surface area (TPSA) is 62.3 Å². The number of ether oxygens (including phenoxy) is 1. The van der Waals surface area contributed by atoms with Gasteiger partial charge in [0, 0.05) is 31.5 Å². The first-order valence-corrected chi connectivity index (χ1v) is 5.88. The van der Waals surface area contributed by atoms with E-state index in [0.717, 1.165) is 30.8 Å². The smallest absolute Gasteiger partial charge is 0.122 e. The van der Waals surface area contributed by atoms with Crippen LogP contribution in [0.2, 0.25) is 0 Å². The molecule has 0 heterocycles. The Morgan fingerprint density at radius 3 is 2.82 bits per heavy atom. The van der Waals surface area contributed by atoms with E-state index in [1.165, 1.54) is 0 Å². The highest BCUT2D eigenvalue weighted by atomic mass is 16.5. The molecule has 1 aromatic rings. The second kappa shape index (κ2) is 6.91. The van der Waals surface area contributed by atoms with Crippen molar-refractivity contribution in [1.82, 2.24) is 0 Å². The van der Waals surface area contributed by atoms with Gasteiger partial charge in [0.1, 0.15) is 5.84 Å². The van der Waals surface area contributed by atoms with E-state index in [-0.39, 0.29) is 5.84 Å². The van der Waals surface area contributed by atoms with Gasteiger partial charge in [0.15, 0.2) is 0 Å². The van der Waals surface area contributed by atoms with Gasteiger partial charge in [0.25, 0.3) is 0 Å². The van der Waals surface area contributed by atoms with Crippen molar-refractivity contribution in [1.29, 1.82) is 5.41 Å². The molecule has 0 aliphatic carbocycles. The van der Waals surface area contributed by atoms with Gasteiger partial charge in [-0.05, 0) is 18.6 Å². The van der Waals surface area contributed by atoms with Crippen LogP contribution >= 0.6 is 0 Å². The van der Waals surface area contributed by atoms with Crippen LogP contribution in [0.1, 0.15) is 18.9 Å². The second-order valence-electron chi connectivity index (χ2n) is 4.00. The molecular formula is C13H21N3O. The highest BCUT2D eigenvalue weighted by molar-refractivity contribution is 5.95. The standard InChI is InChI=1S/C13H21N3O/c1-3-8-17-9-7-16(2)12-6-4-5-11(10-12)13(14)15/h4-6,10H,3,7-9H2,1-2H3,(H3,14,15). The molecule has 1 aromatic carbocycles. The third-order valence-corrected chi connectivity index (χ3v) is 2.52. The average molecular weight is 235 g/mol. The summed E-state index contributed by atoms with van der Waals surface area (Å²) in [5, 5.41) is 7.40. The van der Waals surface area contributed by atoms with Crippen molar-refractivity contribution in [3.8, 4) is 0 Å². The summed E-state index contributed by atoms with van der Waals surface area (Å²) >= 11 is 0. The predicted molar refractivity (Wildman–Crippen MR) is 71.8 cm³/mol. The Hall–Kier alpha value is -1.55. The number of nitrogens with one attached hydrogen (secondary N) is 1. The van der Waals surface area contributed by atoms with Crippen LogP contribution in [0.25, 0.3) is 0 Å². The number of amidine groups is 1. The maximum Gasteiger partial charge on any atom is 0.122 e. The minimum atomic E-state index is 0.0995. The first-order valence-electron chi connectivity index (χ1n) is 5.88. The van der Waals surface area contributed by atoms with Crippen LogP contribution in [-0.2, 0) is 4.74 Å². The molecule has 4 nitrogen and oxygen atoms in total. The maximum atomic E-state index is 7.40. The van der Waals surface area contributed by atoms with Gasteiger partial charge in [-0.2, -0.15) is 0 Å². The molecular weight excluding hydrogens is 214 g/mol. The largest absolute Gasteiger partial charge is 0.384 e. The van der Waals surface area contributed by atoms with Gasteiger partial charge in [-0.25, -0.2) is 0 Å². The van der Waals surface area contributed by atoms with Crippen LogP contribution in [0, 0.1) is 5.41 Å². The summed E-state index contributed by atoms with van der Waals surface area (Å²) in [7, 11) is 2.01. The van der Waals surface area contributed by atoms with Gasteiger partial charge < -0.3 is 15.4 Å². The zero-order valence-corrected chi connectivity index (χ0v) is 10.6. The summed E-state index contributed by atoms with van der Waals surface area (Å²) in [5.74, 6) is 0.0995. The number of rotatable bonds is 7. The molecule has 0 radical (unpaired) electrons. The number of benzene rings is 1. The third kappa shape index (κ3) is 4.44. The van der Waals surface area contributed by atoms with E-state index in [4.69, 9.17) is 15.9 Å². The molecule has 0 fully saturated rings. The Balaban J connectivity index is 2.53. The lowest BCUT2D eigenvalue weighted by atomic mass is 10.2. The van der Waals surface area contributed by atoms with Gasteiger partial charge in [-0.3, -0.25) is 5.41 Å². The van der Waals surface area contributed by atoms with E-state index < -0.39 is 0 Å². The number of hydrogen-bond acceptors (Lipinski definition) is 3. The molecule has 0 saturated heterocycles. The van der Waals surface area contributed by atoms with Crippen molar-refractivity contribution in [2.75, 3.05) is 31.7 Å². The molecule has 0 amide bonds. The molecule has 0 aliphatic rings. The Morgan fingerprint density at radius 1 is 1.41 bits per heavy atom. The molecule has 3 N–H and O–H groups in total. The lowest BCUT2D eigenvalue weighted by Crippen LogP contribution is -2.23. The molecule has 0 spiro atoms. The number of nitrogens with two attached hydrogens (primary N) is 1. The van der Waals surface area contributed by atoms with Crippen LogP contribution in [0.5, 0.6) is 0 Å². The van der Waals surface area contributed by atoms with Gasteiger partial charge in [-0.1, -0.05) is 19.1 Å². The summed E-state index contributed by atoms with van der Waals surface area (Å²) in [5.41, 5.74) is 7.27. The minimum Gasteiger partial charge on any atom is -0.384 e. The number of nitrogen functional groups attached to an aromatic ring is 1. The molecule has 0 saturated carbocycles. The summed E-state index contributed by atoms with van der Waals surface area (Å²) in [6.45, 7) is 4.46. The Morgan fingerprint density at radius 2 is 2.18 bits per heavy atom. The fraction of sp³-hybridized carbons (Fsp3) is 0.462. The van der Waals surface area contributed by atoms with E-state index in [1.807, 2.05) is 31.3 Å². The van der Waals surface area contributed by atoms with E-state index in [9.17, 15) is 0 Å². The van der Waals surface area contributed by atoms with Gasteiger partial charge in [-0.15, -0.1) is 0 Å². The average Bonchev–Trinajstić information content (AvgIpc) is 2.34. The summed E-state index contributed by atoms with van der Waals surface area (Å²) < 4.78 is 5.44. The van der Waals surface area contributed by atoms with Gasteiger partial charge in [0.2, 0.25) is 0 Å². The fourth-order valence-corrected chi connectivity index (χ4v) is 1.49. The quantitative estimate of drug-likeness (QED) is 0.430. The predicted octanol–water partition coefficient (Wildman–Crippen LogP) is 1.83. The van der Waals surface area contributed by atoms with E-state index in [1.54, 1.807) is 0 Å². The second-order valence-corrected chi connectivity index (χ2v) is 4.00. The van der Waals surface area contributed by atoms with Crippen molar-refractivity contribution in [3.05, 3.63) is 29.8 Å². The van der Waals surface area contributed by atoms with E-state index >= 15 is 0 Å². The lowest BCUT2D eigenvalue weighted by molar-refractivity contribution is 0.141. The molecule has 0 aromatic heterocycles. The fourth-order valence-electron chi connectivity index (χ4n) is 1.49. The van der Waals surface area contributed by atoms with Gasteiger partial charge >= 0.3 is 0 Å². The van der Waals surface area contributed by atoms with Crippen LogP contribution in [0.4, 0.5) is 5.69 Å². The minimum absolute atomic E-state index is 0.0995. The zero-order chi connectivity index (χ0) is 12.7. The van der Waals surface area contributed by atoms with Crippen LogP contribution in [0.3, 0.4) is 0 Å². The van der Waals surface area contributed by atoms with Gasteiger partial charge in [0.05, 0.1) is 6.61 Å². The lowest BCUT2D eigenvalue weighted by Gasteiger charge is -2.19. The SMILES string of the molecule is CCCOCCN(C)c1cccc(C(=N)N)c1. The van der Waals surface area contributed by atoms with Crippen molar-refractivity contribution >= 4 is 11.5 Å².